The molecule has 0 bridgehead atoms. The molecule has 16 heavy (non-hydrogen) atoms. The molecule has 0 saturated carbocycles. The van der Waals surface area contributed by atoms with Crippen LogP contribution in [0.25, 0.3) is 0 Å². The summed E-state index contributed by atoms with van der Waals surface area (Å²) in [6, 6.07) is 2.17. The van der Waals surface area contributed by atoms with E-state index in [1.54, 1.807) is 20.8 Å². The Balaban J connectivity index is 3.05. The zero-order valence-electron chi connectivity index (χ0n) is 9.30. The van der Waals surface area contributed by atoms with Crippen molar-refractivity contribution in [2.24, 2.45) is 0 Å². The molecule has 2 N–H and O–H groups in total. The average Bonchev–Trinajstić information content (AvgIpc) is 2.08. The van der Waals surface area contributed by atoms with E-state index >= 15 is 0 Å². The third-order valence-electron chi connectivity index (χ3n) is 1.71. The topological polar surface area (TPSA) is 52.3 Å². The number of carbonyl (C=O) groups excluding carboxylic acids is 1. The van der Waals surface area contributed by atoms with Gasteiger partial charge in [0.05, 0.1) is 10.6 Å². The molecule has 0 aromatic heterocycles. The monoisotopic (exact) mass is 245 g/mol. The summed E-state index contributed by atoms with van der Waals surface area (Å²) in [4.78, 5) is 11.7. The second-order valence-electron chi connectivity index (χ2n) is 4.36. The lowest BCUT2D eigenvalue weighted by Gasteiger charge is -2.20. The van der Waals surface area contributed by atoms with Crippen molar-refractivity contribution in [3.63, 3.8) is 0 Å². The van der Waals surface area contributed by atoms with Gasteiger partial charge in [0.2, 0.25) is 0 Å². The normalized spacial score (nSPS) is 11.3. The van der Waals surface area contributed by atoms with E-state index in [9.17, 15) is 9.18 Å². The summed E-state index contributed by atoms with van der Waals surface area (Å²) in [7, 11) is 0. The molecule has 0 amide bonds. The molecule has 1 aromatic carbocycles. The predicted molar refractivity (Wildman–Crippen MR) is 61.0 cm³/mol. The second kappa shape index (κ2) is 4.29. The third kappa shape index (κ3) is 3.10. The third-order valence-corrected chi connectivity index (χ3v) is 2.00. The molecule has 5 heteroatoms. The van der Waals surface area contributed by atoms with E-state index in [1.165, 1.54) is 6.07 Å². The van der Waals surface area contributed by atoms with Crippen LogP contribution >= 0.6 is 11.6 Å². The minimum Gasteiger partial charge on any atom is -0.456 e. The van der Waals surface area contributed by atoms with Crippen LogP contribution in [0.1, 0.15) is 31.1 Å². The maximum atomic E-state index is 13.0. The summed E-state index contributed by atoms with van der Waals surface area (Å²) in [6.45, 7) is 5.19. The van der Waals surface area contributed by atoms with Crippen molar-refractivity contribution in [1.82, 2.24) is 0 Å². The Hall–Kier alpha value is -1.29. The SMILES string of the molecule is CC(C)(C)OC(=O)c1cc(Cl)c(F)cc1N. The molecule has 0 aliphatic heterocycles. The van der Waals surface area contributed by atoms with E-state index in [2.05, 4.69) is 0 Å². The fraction of sp³-hybridized carbons (Fsp3) is 0.364. The van der Waals surface area contributed by atoms with E-state index < -0.39 is 17.4 Å². The molecule has 0 aliphatic rings. The first-order valence-electron chi connectivity index (χ1n) is 4.68. The summed E-state index contributed by atoms with van der Waals surface area (Å²) in [6.07, 6.45) is 0. The van der Waals surface area contributed by atoms with Crippen LogP contribution in [0.4, 0.5) is 10.1 Å². The van der Waals surface area contributed by atoms with Gasteiger partial charge in [-0.25, -0.2) is 9.18 Å². The lowest BCUT2D eigenvalue weighted by molar-refractivity contribution is 0.00708. The molecular weight excluding hydrogens is 233 g/mol. The predicted octanol–water partition coefficient (Wildman–Crippen LogP) is 3.02. The molecule has 0 spiro atoms. The van der Waals surface area contributed by atoms with Gasteiger partial charge in [0, 0.05) is 5.69 Å². The minimum atomic E-state index is -0.661. The Labute approximate surface area is 98.3 Å². The molecule has 3 nitrogen and oxygen atoms in total. The number of hydrogen-bond donors (Lipinski definition) is 1. The van der Waals surface area contributed by atoms with Gasteiger partial charge in [0.25, 0.3) is 0 Å². The van der Waals surface area contributed by atoms with Gasteiger partial charge in [-0.05, 0) is 32.9 Å². The zero-order chi connectivity index (χ0) is 12.5. The smallest absolute Gasteiger partial charge is 0.340 e. The van der Waals surface area contributed by atoms with E-state index in [4.69, 9.17) is 22.1 Å². The zero-order valence-corrected chi connectivity index (χ0v) is 10.1. The Morgan fingerprint density at radius 2 is 2.00 bits per heavy atom. The van der Waals surface area contributed by atoms with E-state index in [0.29, 0.717) is 0 Å². The number of esters is 1. The molecule has 1 rings (SSSR count). The van der Waals surface area contributed by atoms with Crippen molar-refractivity contribution in [3.05, 3.63) is 28.5 Å². The van der Waals surface area contributed by atoms with Gasteiger partial charge in [-0.1, -0.05) is 11.6 Å². The first kappa shape index (κ1) is 12.8. The largest absolute Gasteiger partial charge is 0.456 e. The van der Waals surface area contributed by atoms with Crippen molar-refractivity contribution < 1.29 is 13.9 Å². The molecule has 0 heterocycles. The summed E-state index contributed by atoms with van der Waals surface area (Å²) in [5, 5.41) is -0.157. The molecule has 88 valence electrons. The van der Waals surface area contributed by atoms with Crippen LogP contribution in [-0.2, 0) is 4.74 Å². The number of nitrogens with two attached hydrogens (primary N) is 1. The number of anilines is 1. The number of benzene rings is 1. The summed E-state index contributed by atoms with van der Waals surface area (Å²) in [5.41, 5.74) is 4.96. The Morgan fingerprint density at radius 3 is 2.50 bits per heavy atom. The fourth-order valence-electron chi connectivity index (χ4n) is 1.07. The van der Waals surface area contributed by atoms with Crippen LogP contribution in [0.2, 0.25) is 5.02 Å². The number of halogens is 2. The van der Waals surface area contributed by atoms with Crippen molar-refractivity contribution in [3.8, 4) is 0 Å². The highest BCUT2D eigenvalue weighted by Gasteiger charge is 2.20. The van der Waals surface area contributed by atoms with Gasteiger partial charge in [0.15, 0.2) is 0 Å². The molecule has 0 aliphatic carbocycles. The molecule has 1 aromatic rings. The van der Waals surface area contributed by atoms with E-state index in [0.717, 1.165) is 6.07 Å². The molecule has 0 radical (unpaired) electrons. The average molecular weight is 246 g/mol. The van der Waals surface area contributed by atoms with Gasteiger partial charge >= 0.3 is 5.97 Å². The standard InChI is InChI=1S/C11H13ClFNO2/c1-11(2,3)16-10(15)6-4-7(12)8(13)5-9(6)14/h4-5H,14H2,1-3H3. The second-order valence-corrected chi connectivity index (χ2v) is 4.76. The van der Waals surface area contributed by atoms with Crippen molar-refractivity contribution >= 4 is 23.3 Å². The van der Waals surface area contributed by atoms with Crippen LogP contribution < -0.4 is 5.73 Å². The lowest BCUT2D eigenvalue weighted by atomic mass is 10.1. The Bertz CT molecular complexity index is 427. The van der Waals surface area contributed by atoms with E-state index in [1.807, 2.05) is 0 Å². The van der Waals surface area contributed by atoms with Gasteiger partial charge < -0.3 is 10.5 Å². The number of ether oxygens (including phenoxy) is 1. The number of nitrogen functional groups attached to an aromatic ring is 1. The number of carbonyl (C=O) groups is 1. The summed E-state index contributed by atoms with van der Waals surface area (Å²) in [5.74, 6) is -1.28. The Kier molecular flexibility index (Phi) is 3.43. The molecule has 0 atom stereocenters. The highest BCUT2D eigenvalue weighted by Crippen LogP contribution is 2.24. The lowest BCUT2D eigenvalue weighted by Crippen LogP contribution is -2.24. The summed E-state index contributed by atoms with van der Waals surface area (Å²) >= 11 is 5.56. The first-order chi connectivity index (χ1) is 7.20. The van der Waals surface area contributed by atoms with Gasteiger partial charge in [-0.3, -0.25) is 0 Å². The van der Waals surface area contributed by atoms with Crippen LogP contribution in [0.5, 0.6) is 0 Å². The number of hydrogen-bond acceptors (Lipinski definition) is 3. The van der Waals surface area contributed by atoms with Crippen LogP contribution in [0.3, 0.4) is 0 Å². The Morgan fingerprint density at radius 1 is 1.44 bits per heavy atom. The van der Waals surface area contributed by atoms with Gasteiger partial charge in [-0.2, -0.15) is 0 Å². The molecular formula is C11H13ClFNO2. The highest BCUT2D eigenvalue weighted by atomic mass is 35.5. The molecule has 0 unspecified atom stereocenters. The van der Waals surface area contributed by atoms with Crippen LogP contribution in [-0.4, -0.2) is 11.6 Å². The van der Waals surface area contributed by atoms with Gasteiger partial charge in [-0.15, -0.1) is 0 Å². The minimum absolute atomic E-state index is 0.0103. The van der Waals surface area contributed by atoms with Crippen LogP contribution in [0.15, 0.2) is 12.1 Å². The highest BCUT2D eigenvalue weighted by molar-refractivity contribution is 6.31. The van der Waals surface area contributed by atoms with Crippen molar-refractivity contribution in [1.29, 1.82) is 0 Å². The maximum absolute atomic E-state index is 13.0. The van der Waals surface area contributed by atoms with E-state index in [-0.39, 0.29) is 16.3 Å². The summed E-state index contributed by atoms with van der Waals surface area (Å²) < 4.78 is 18.1. The molecule has 0 fully saturated rings. The fourth-order valence-corrected chi connectivity index (χ4v) is 1.24. The molecule has 0 saturated heterocycles. The first-order valence-corrected chi connectivity index (χ1v) is 5.06. The van der Waals surface area contributed by atoms with Crippen molar-refractivity contribution in [2.75, 3.05) is 5.73 Å². The maximum Gasteiger partial charge on any atom is 0.340 e. The quantitative estimate of drug-likeness (QED) is 0.611. The van der Waals surface area contributed by atoms with Gasteiger partial charge in [0.1, 0.15) is 11.4 Å². The van der Waals surface area contributed by atoms with Crippen molar-refractivity contribution in [2.45, 2.75) is 26.4 Å². The number of rotatable bonds is 1. The van der Waals surface area contributed by atoms with Crippen LogP contribution in [0, 0.1) is 5.82 Å².